The number of ether oxygens (including phenoxy) is 2. The highest BCUT2D eigenvalue weighted by Gasteiger charge is 2.18. The van der Waals surface area contributed by atoms with Crippen LogP contribution in [0.1, 0.15) is 6.92 Å². The first-order valence-electron chi connectivity index (χ1n) is 5.79. The van der Waals surface area contributed by atoms with Crippen LogP contribution in [0, 0.1) is 10.1 Å². The van der Waals surface area contributed by atoms with Crippen LogP contribution in [-0.4, -0.2) is 33.6 Å². The molecule has 0 aliphatic carbocycles. The van der Waals surface area contributed by atoms with E-state index in [0.717, 1.165) is 0 Å². The molecular formula is C12H12N4O4. The minimum atomic E-state index is -0.560. The molecule has 0 fully saturated rings. The normalized spacial score (nSPS) is 10.1. The quantitative estimate of drug-likeness (QED) is 0.606. The minimum absolute atomic E-state index is 0.0485. The fraction of sp³-hybridized carbons (Fsp3) is 0.250. The Kier molecular flexibility index (Phi) is 4.04. The van der Waals surface area contributed by atoms with E-state index in [2.05, 4.69) is 15.0 Å². The number of hydrogen-bond donors (Lipinski definition) is 0. The molecule has 20 heavy (non-hydrogen) atoms. The molecule has 0 N–H and O–H groups in total. The summed E-state index contributed by atoms with van der Waals surface area (Å²) in [4.78, 5) is 22.5. The largest absolute Gasteiger partial charge is 0.477 e. The summed E-state index contributed by atoms with van der Waals surface area (Å²) >= 11 is 0. The first-order valence-corrected chi connectivity index (χ1v) is 5.79. The molecule has 0 radical (unpaired) electrons. The third-order valence-corrected chi connectivity index (χ3v) is 2.42. The van der Waals surface area contributed by atoms with Crippen molar-refractivity contribution < 1.29 is 14.4 Å². The lowest BCUT2D eigenvalue weighted by Crippen LogP contribution is -1.99. The second-order valence-electron chi connectivity index (χ2n) is 3.69. The summed E-state index contributed by atoms with van der Waals surface area (Å²) in [6.07, 6.45) is 4.39. The van der Waals surface area contributed by atoms with Crippen LogP contribution < -0.4 is 9.47 Å². The zero-order chi connectivity index (χ0) is 14.5. The van der Waals surface area contributed by atoms with Crippen molar-refractivity contribution in [2.24, 2.45) is 0 Å². The molecule has 0 saturated carbocycles. The van der Waals surface area contributed by atoms with Gasteiger partial charge in [0.2, 0.25) is 5.88 Å². The molecule has 0 amide bonds. The molecule has 0 bridgehead atoms. The maximum Gasteiger partial charge on any atom is 0.331 e. The first-order chi connectivity index (χ1) is 9.65. The molecule has 0 aliphatic rings. The van der Waals surface area contributed by atoms with Gasteiger partial charge in [-0.25, -0.2) is 9.97 Å². The molecular weight excluding hydrogens is 264 g/mol. The summed E-state index contributed by atoms with van der Waals surface area (Å²) in [5.41, 5.74) is 0.675. The van der Waals surface area contributed by atoms with Crippen LogP contribution in [-0.2, 0) is 0 Å². The van der Waals surface area contributed by atoms with E-state index in [1.807, 2.05) is 6.92 Å². The number of pyridine rings is 1. The van der Waals surface area contributed by atoms with Crippen molar-refractivity contribution in [3.8, 4) is 23.0 Å². The van der Waals surface area contributed by atoms with Crippen molar-refractivity contribution >= 4 is 5.69 Å². The molecule has 0 spiro atoms. The van der Waals surface area contributed by atoms with Crippen molar-refractivity contribution in [1.29, 1.82) is 0 Å². The van der Waals surface area contributed by atoms with Gasteiger partial charge in [0.15, 0.2) is 0 Å². The van der Waals surface area contributed by atoms with Gasteiger partial charge >= 0.3 is 5.69 Å². The average Bonchev–Trinajstić information content (AvgIpc) is 2.47. The SMILES string of the molecule is CCOc1cncc(-c2cnc(OC)c([N+](=O)[O-])c2)n1. The van der Waals surface area contributed by atoms with E-state index in [1.54, 1.807) is 0 Å². The lowest BCUT2D eigenvalue weighted by molar-refractivity contribution is -0.386. The Morgan fingerprint density at radius 2 is 2.15 bits per heavy atom. The first kappa shape index (κ1) is 13.7. The molecule has 2 rings (SSSR count). The highest BCUT2D eigenvalue weighted by Crippen LogP contribution is 2.29. The van der Waals surface area contributed by atoms with E-state index in [-0.39, 0.29) is 11.6 Å². The van der Waals surface area contributed by atoms with Gasteiger partial charge in [-0.3, -0.25) is 15.1 Å². The predicted molar refractivity (Wildman–Crippen MR) is 69.6 cm³/mol. The summed E-state index contributed by atoms with van der Waals surface area (Å²) in [5, 5.41) is 11.0. The number of hydrogen-bond acceptors (Lipinski definition) is 7. The maximum absolute atomic E-state index is 11.0. The van der Waals surface area contributed by atoms with Crippen LogP contribution in [0.2, 0.25) is 0 Å². The molecule has 2 aromatic rings. The third kappa shape index (κ3) is 2.79. The van der Waals surface area contributed by atoms with E-state index in [9.17, 15) is 10.1 Å². The van der Waals surface area contributed by atoms with Gasteiger partial charge in [-0.2, -0.15) is 0 Å². The van der Waals surface area contributed by atoms with Gasteiger partial charge < -0.3 is 9.47 Å². The maximum atomic E-state index is 11.0. The van der Waals surface area contributed by atoms with E-state index in [1.165, 1.54) is 31.8 Å². The summed E-state index contributed by atoms with van der Waals surface area (Å²) in [5.74, 6) is 0.302. The summed E-state index contributed by atoms with van der Waals surface area (Å²) in [6, 6.07) is 1.34. The number of nitrogens with zero attached hydrogens (tertiary/aromatic N) is 4. The Morgan fingerprint density at radius 1 is 1.35 bits per heavy atom. The monoisotopic (exact) mass is 276 g/mol. The standard InChI is InChI=1S/C12H12N4O4/c1-3-20-11-7-13-6-9(15-11)8-4-10(16(17)18)12(19-2)14-5-8/h4-7H,3H2,1-2H3. The van der Waals surface area contributed by atoms with E-state index in [0.29, 0.717) is 23.7 Å². The summed E-state index contributed by atoms with van der Waals surface area (Å²) in [7, 11) is 1.32. The van der Waals surface area contributed by atoms with Crippen LogP contribution in [0.15, 0.2) is 24.7 Å². The van der Waals surface area contributed by atoms with Crippen LogP contribution in [0.5, 0.6) is 11.8 Å². The Labute approximate surface area is 114 Å². The van der Waals surface area contributed by atoms with Gasteiger partial charge in [-0.15, -0.1) is 0 Å². The van der Waals surface area contributed by atoms with Crippen LogP contribution in [0.4, 0.5) is 5.69 Å². The highest BCUT2D eigenvalue weighted by atomic mass is 16.6. The van der Waals surface area contributed by atoms with Gasteiger partial charge in [0.1, 0.15) is 0 Å². The molecule has 0 aromatic carbocycles. The molecule has 2 heterocycles. The average molecular weight is 276 g/mol. The zero-order valence-corrected chi connectivity index (χ0v) is 10.9. The van der Waals surface area contributed by atoms with Gasteiger partial charge in [-0.05, 0) is 6.92 Å². The van der Waals surface area contributed by atoms with Crippen molar-refractivity contribution in [1.82, 2.24) is 15.0 Å². The summed E-state index contributed by atoms with van der Waals surface area (Å²) < 4.78 is 10.1. The molecule has 2 aromatic heterocycles. The van der Waals surface area contributed by atoms with Crippen molar-refractivity contribution in [3.63, 3.8) is 0 Å². The lowest BCUT2D eigenvalue weighted by atomic mass is 10.2. The highest BCUT2D eigenvalue weighted by molar-refractivity contribution is 5.62. The molecule has 0 atom stereocenters. The number of rotatable bonds is 5. The van der Waals surface area contributed by atoms with Gasteiger partial charge in [-0.1, -0.05) is 0 Å². The smallest absolute Gasteiger partial charge is 0.331 e. The second kappa shape index (κ2) is 5.91. The minimum Gasteiger partial charge on any atom is -0.477 e. The second-order valence-corrected chi connectivity index (χ2v) is 3.69. The van der Waals surface area contributed by atoms with Gasteiger partial charge in [0, 0.05) is 17.8 Å². The fourth-order valence-corrected chi connectivity index (χ4v) is 1.57. The molecule has 0 saturated heterocycles. The fourth-order valence-electron chi connectivity index (χ4n) is 1.57. The zero-order valence-electron chi connectivity index (χ0n) is 10.9. The van der Waals surface area contributed by atoms with Crippen molar-refractivity contribution in [2.75, 3.05) is 13.7 Å². The van der Waals surface area contributed by atoms with Crippen LogP contribution >= 0.6 is 0 Å². The van der Waals surface area contributed by atoms with Crippen LogP contribution in [0.3, 0.4) is 0 Å². The van der Waals surface area contributed by atoms with Gasteiger partial charge in [0.25, 0.3) is 5.88 Å². The van der Waals surface area contributed by atoms with E-state index >= 15 is 0 Å². The molecule has 0 unspecified atom stereocenters. The molecule has 8 nitrogen and oxygen atoms in total. The Balaban J connectivity index is 2.45. The van der Waals surface area contributed by atoms with Crippen molar-refractivity contribution in [2.45, 2.75) is 6.92 Å². The van der Waals surface area contributed by atoms with Crippen molar-refractivity contribution in [3.05, 3.63) is 34.8 Å². The van der Waals surface area contributed by atoms with E-state index < -0.39 is 4.92 Å². The third-order valence-electron chi connectivity index (χ3n) is 2.42. The molecule has 0 aliphatic heterocycles. The molecule has 104 valence electrons. The predicted octanol–water partition coefficient (Wildman–Crippen LogP) is 1.85. The Morgan fingerprint density at radius 3 is 2.80 bits per heavy atom. The molecule has 8 heteroatoms. The Bertz CT molecular complexity index is 633. The summed E-state index contributed by atoms with van der Waals surface area (Å²) in [6.45, 7) is 2.28. The van der Waals surface area contributed by atoms with Crippen LogP contribution in [0.25, 0.3) is 11.3 Å². The topological polar surface area (TPSA) is 100 Å². The lowest BCUT2D eigenvalue weighted by Gasteiger charge is -2.05. The van der Waals surface area contributed by atoms with Gasteiger partial charge in [0.05, 0.1) is 36.7 Å². The number of methoxy groups -OCH3 is 1. The Hall–Kier alpha value is -2.77. The van der Waals surface area contributed by atoms with E-state index in [4.69, 9.17) is 9.47 Å². The number of nitro groups is 1. The number of aromatic nitrogens is 3.